The van der Waals surface area contributed by atoms with Gasteiger partial charge in [0.1, 0.15) is 11.7 Å². The Balaban J connectivity index is 2.26. The first kappa shape index (κ1) is 21.0. The van der Waals surface area contributed by atoms with E-state index in [1.54, 1.807) is 0 Å². The molecule has 0 aromatic carbocycles. The maximum atomic E-state index is 12.5. The highest BCUT2D eigenvalue weighted by Crippen LogP contribution is 2.23. The summed E-state index contributed by atoms with van der Waals surface area (Å²) in [7, 11) is -5.07. The van der Waals surface area contributed by atoms with Crippen LogP contribution in [0.1, 0.15) is 5.69 Å². The van der Waals surface area contributed by atoms with Crippen molar-refractivity contribution in [3.63, 3.8) is 0 Å². The van der Waals surface area contributed by atoms with E-state index in [0.29, 0.717) is 0 Å². The van der Waals surface area contributed by atoms with Gasteiger partial charge in [-0.05, 0) is 0 Å². The molecule has 1 saturated heterocycles. The Labute approximate surface area is 160 Å². The van der Waals surface area contributed by atoms with Crippen molar-refractivity contribution in [2.75, 3.05) is 12.3 Å². The van der Waals surface area contributed by atoms with Crippen LogP contribution < -0.4 is 22.5 Å². The average molecular weight is 435 g/mol. The number of thiazole rings is 1. The summed E-state index contributed by atoms with van der Waals surface area (Å²) < 4.78 is 31.1. The molecule has 1 fully saturated rings. The quantitative estimate of drug-likeness (QED) is 0.114. The summed E-state index contributed by atoms with van der Waals surface area (Å²) in [5.41, 5.74) is 14.7. The lowest BCUT2D eigenvalue weighted by Gasteiger charge is -2.41. The predicted octanol–water partition coefficient (Wildman–Crippen LogP) is -4.08. The van der Waals surface area contributed by atoms with Crippen LogP contribution >= 0.6 is 11.3 Å². The van der Waals surface area contributed by atoms with Gasteiger partial charge in [0.05, 0.1) is 0 Å². The molecule has 1 aromatic heterocycles. The number of nitrogens with one attached hydrogen (secondary N) is 1. The second kappa shape index (κ2) is 7.74. The van der Waals surface area contributed by atoms with Gasteiger partial charge in [-0.1, -0.05) is 5.16 Å². The Hall–Kier alpha value is -3.31. The molecule has 4 amide bonds. The van der Waals surface area contributed by atoms with Crippen molar-refractivity contribution < 1.29 is 37.0 Å². The molecular formula is C11H13N7O8S2. The molecule has 2 unspecified atom stereocenters. The standard InChI is InChI=1S/C11H13N7O8S2/c12-4(19)1-26-17-5(3-2-27-11(14)15-3)9(21)16-6-7(8(13)20)18(10(6)22)28(23,24)25/h2,6-7H,1H2,(H2,12,19)(H2,13,20)(H2,14,15)(H,16,21)(H,23,24,25)/b17-5-. The third kappa shape index (κ3) is 4.32. The number of oxime groups is 1. The maximum Gasteiger partial charge on any atom is 0.363 e. The number of rotatable bonds is 8. The first-order valence-electron chi connectivity index (χ1n) is 7.04. The van der Waals surface area contributed by atoms with Crippen LogP contribution in [0.25, 0.3) is 0 Å². The molecule has 1 aromatic rings. The Morgan fingerprint density at radius 1 is 1.39 bits per heavy atom. The third-order valence-electron chi connectivity index (χ3n) is 3.22. The van der Waals surface area contributed by atoms with Crippen molar-refractivity contribution in [1.82, 2.24) is 14.6 Å². The molecule has 0 radical (unpaired) electrons. The SMILES string of the molecule is NC(=O)CO/N=C(\C(=O)NC1C(=O)N(S(=O)(=O)O)C1C(N)=O)c1csc(N)n1. The number of nitrogens with two attached hydrogens (primary N) is 3. The molecule has 1 aliphatic rings. The van der Waals surface area contributed by atoms with Gasteiger partial charge < -0.3 is 27.4 Å². The lowest BCUT2D eigenvalue weighted by Crippen LogP contribution is -2.75. The van der Waals surface area contributed by atoms with Crippen LogP contribution in [-0.4, -0.2) is 70.3 Å². The van der Waals surface area contributed by atoms with E-state index >= 15 is 0 Å². The summed E-state index contributed by atoms with van der Waals surface area (Å²) in [6, 6.07) is -3.57. The molecule has 2 heterocycles. The number of amides is 4. The van der Waals surface area contributed by atoms with Gasteiger partial charge >= 0.3 is 10.3 Å². The zero-order chi connectivity index (χ0) is 21.2. The summed E-state index contributed by atoms with van der Waals surface area (Å²) in [6.07, 6.45) is 0. The molecule has 2 rings (SSSR count). The lowest BCUT2D eigenvalue weighted by molar-refractivity contribution is -0.150. The molecule has 8 N–H and O–H groups in total. The molecule has 152 valence electrons. The normalized spacial score (nSPS) is 19.7. The molecule has 0 saturated carbocycles. The smallest absolute Gasteiger partial charge is 0.363 e. The van der Waals surface area contributed by atoms with Gasteiger partial charge in [-0.15, -0.1) is 11.3 Å². The predicted molar refractivity (Wildman–Crippen MR) is 91.5 cm³/mol. The molecule has 28 heavy (non-hydrogen) atoms. The van der Waals surface area contributed by atoms with E-state index in [1.807, 2.05) is 5.32 Å². The summed E-state index contributed by atoms with van der Waals surface area (Å²) in [6.45, 7) is -0.681. The Kier molecular flexibility index (Phi) is 5.81. The molecule has 2 atom stereocenters. The fraction of sp³-hybridized carbons (Fsp3) is 0.273. The van der Waals surface area contributed by atoms with Gasteiger partial charge in [0.15, 0.2) is 23.5 Å². The van der Waals surface area contributed by atoms with Crippen molar-refractivity contribution in [3.05, 3.63) is 11.1 Å². The zero-order valence-electron chi connectivity index (χ0n) is 13.6. The summed E-state index contributed by atoms with van der Waals surface area (Å²) in [5, 5.41) is 6.80. The number of carbonyl (C=O) groups excluding carboxylic acids is 4. The minimum Gasteiger partial charge on any atom is -0.385 e. The van der Waals surface area contributed by atoms with Gasteiger partial charge in [0, 0.05) is 5.38 Å². The zero-order valence-corrected chi connectivity index (χ0v) is 15.3. The number of hydrogen-bond donors (Lipinski definition) is 5. The van der Waals surface area contributed by atoms with Crippen LogP contribution in [0.3, 0.4) is 0 Å². The van der Waals surface area contributed by atoms with Gasteiger partial charge in [-0.3, -0.25) is 23.7 Å². The average Bonchev–Trinajstić information content (AvgIpc) is 2.97. The van der Waals surface area contributed by atoms with Crippen molar-refractivity contribution >= 4 is 56.1 Å². The number of β-lactam (4-membered cyclic amide) rings is 1. The van der Waals surface area contributed by atoms with Crippen LogP contribution in [0.4, 0.5) is 5.13 Å². The van der Waals surface area contributed by atoms with Crippen molar-refractivity contribution in [2.24, 2.45) is 16.6 Å². The third-order valence-corrected chi connectivity index (χ3v) is 4.80. The second-order valence-electron chi connectivity index (χ2n) is 5.16. The monoisotopic (exact) mass is 435 g/mol. The van der Waals surface area contributed by atoms with Gasteiger partial charge in [0.2, 0.25) is 5.91 Å². The molecule has 1 aliphatic heterocycles. The topological polar surface area (TPSA) is 250 Å². The maximum absolute atomic E-state index is 12.5. The number of hydrogen-bond acceptors (Lipinski definition) is 11. The van der Waals surface area contributed by atoms with Gasteiger partial charge in [-0.25, -0.2) is 4.98 Å². The minimum atomic E-state index is -5.07. The first-order valence-corrected chi connectivity index (χ1v) is 9.31. The minimum absolute atomic E-state index is 0.0534. The largest absolute Gasteiger partial charge is 0.385 e. The van der Waals surface area contributed by atoms with E-state index in [-0.39, 0.29) is 15.1 Å². The van der Waals surface area contributed by atoms with Crippen molar-refractivity contribution in [3.8, 4) is 0 Å². The Morgan fingerprint density at radius 3 is 2.50 bits per heavy atom. The van der Waals surface area contributed by atoms with Crippen LogP contribution in [-0.2, 0) is 34.3 Å². The molecule has 15 nitrogen and oxygen atoms in total. The summed E-state index contributed by atoms with van der Waals surface area (Å²) in [5.74, 6) is -4.64. The number of primary amides is 2. The molecule has 0 bridgehead atoms. The van der Waals surface area contributed by atoms with Crippen LogP contribution in [0.5, 0.6) is 0 Å². The summed E-state index contributed by atoms with van der Waals surface area (Å²) in [4.78, 5) is 54.9. The van der Waals surface area contributed by atoms with E-state index in [2.05, 4.69) is 15.0 Å². The number of nitrogen functional groups attached to an aromatic ring is 1. The van der Waals surface area contributed by atoms with Crippen LogP contribution in [0.15, 0.2) is 10.5 Å². The molecule has 0 spiro atoms. The van der Waals surface area contributed by atoms with Crippen LogP contribution in [0.2, 0.25) is 0 Å². The number of anilines is 1. The Bertz CT molecular complexity index is 971. The van der Waals surface area contributed by atoms with E-state index in [4.69, 9.17) is 21.8 Å². The molecule has 17 heteroatoms. The Morgan fingerprint density at radius 2 is 2.04 bits per heavy atom. The van der Waals surface area contributed by atoms with E-state index < -0.39 is 58.3 Å². The van der Waals surface area contributed by atoms with Crippen molar-refractivity contribution in [2.45, 2.75) is 12.1 Å². The highest BCUT2D eigenvalue weighted by molar-refractivity contribution is 7.84. The highest BCUT2D eigenvalue weighted by Gasteiger charge is 2.57. The molecular weight excluding hydrogens is 422 g/mol. The van der Waals surface area contributed by atoms with Crippen molar-refractivity contribution in [1.29, 1.82) is 0 Å². The second-order valence-corrected chi connectivity index (χ2v) is 7.34. The fourth-order valence-corrected chi connectivity index (χ4v) is 3.51. The number of nitrogens with zero attached hydrogens (tertiary/aromatic N) is 3. The number of aromatic nitrogens is 1. The summed E-state index contributed by atoms with van der Waals surface area (Å²) >= 11 is 0.935. The van der Waals surface area contributed by atoms with Gasteiger partial charge in [-0.2, -0.15) is 12.7 Å². The molecule has 0 aliphatic carbocycles. The lowest BCUT2D eigenvalue weighted by atomic mass is 9.98. The van der Waals surface area contributed by atoms with Crippen LogP contribution in [0, 0.1) is 0 Å². The first-order chi connectivity index (χ1) is 12.9. The van der Waals surface area contributed by atoms with E-state index in [1.165, 1.54) is 5.38 Å². The van der Waals surface area contributed by atoms with E-state index in [0.717, 1.165) is 11.3 Å². The van der Waals surface area contributed by atoms with E-state index in [9.17, 15) is 27.6 Å². The highest BCUT2D eigenvalue weighted by atomic mass is 32.2. The fourth-order valence-electron chi connectivity index (χ4n) is 2.11. The number of carbonyl (C=O) groups is 4. The van der Waals surface area contributed by atoms with Gasteiger partial charge in [0.25, 0.3) is 17.7 Å².